The summed E-state index contributed by atoms with van der Waals surface area (Å²) in [5, 5.41) is 2.52. The number of sulfonamides is 1. The number of nitrogens with zero attached hydrogens (tertiary/aromatic N) is 2. The summed E-state index contributed by atoms with van der Waals surface area (Å²) in [4.78, 5) is 50.3. The first-order chi connectivity index (χ1) is 16.6. The molecule has 3 rings (SSSR count). The lowest BCUT2D eigenvalue weighted by Gasteiger charge is -2.18. The molecule has 0 radical (unpaired) electrons. The summed E-state index contributed by atoms with van der Waals surface area (Å²) in [5.74, 6) is -2.49. The van der Waals surface area contributed by atoms with E-state index in [0.717, 1.165) is 4.90 Å². The van der Waals surface area contributed by atoms with E-state index in [0.29, 0.717) is 18.8 Å². The monoisotopic (exact) mass is 499 g/mol. The number of carbonyl (C=O) groups is 4. The molecule has 1 aliphatic heterocycles. The Balaban J connectivity index is 1.60. The number of hydrogen-bond donors (Lipinski definition) is 1. The van der Waals surface area contributed by atoms with Gasteiger partial charge in [0, 0.05) is 25.3 Å². The number of anilines is 1. The fraction of sp³-hybridized carbons (Fsp3) is 0.250. The minimum absolute atomic E-state index is 0.0177. The van der Waals surface area contributed by atoms with E-state index < -0.39 is 40.3 Å². The minimum Gasteiger partial charge on any atom is -0.452 e. The van der Waals surface area contributed by atoms with Gasteiger partial charge in [-0.25, -0.2) is 13.2 Å². The van der Waals surface area contributed by atoms with Crippen molar-refractivity contribution in [2.45, 2.75) is 18.7 Å². The molecule has 1 heterocycles. The maximum atomic E-state index is 12.5. The number of imide groups is 1. The Labute approximate surface area is 203 Å². The van der Waals surface area contributed by atoms with Crippen molar-refractivity contribution in [3.8, 4) is 0 Å². The maximum absolute atomic E-state index is 12.5. The number of benzene rings is 2. The molecule has 35 heavy (non-hydrogen) atoms. The van der Waals surface area contributed by atoms with E-state index in [4.69, 9.17) is 4.74 Å². The average Bonchev–Trinajstić information content (AvgIpc) is 3.08. The number of esters is 1. The summed E-state index contributed by atoms with van der Waals surface area (Å²) in [6.07, 6.45) is 1.42. The van der Waals surface area contributed by atoms with E-state index in [9.17, 15) is 27.6 Å². The lowest BCUT2D eigenvalue weighted by Crippen LogP contribution is -2.30. The number of nitrogens with one attached hydrogen (secondary N) is 1. The molecule has 2 aromatic rings. The first kappa shape index (κ1) is 25.8. The van der Waals surface area contributed by atoms with Crippen molar-refractivity contribution >= 4 is 39.4 Å². The summed E-state index contributed by atoms with van der Waals surface area (Å²) in [7, 11) is -3.62. The van der Waals surface area contributed by atoms with Crippen molar-refractivity contribution in [1.29, 1.82) is 0 Å². The van der Waals surface area contributed by atoms with Crippen molar-refractivity contribution < 1.29 is 32.3 Å². The topological polar surface area (TPSA) is 130 Å². The van der Waals surface area contributed by atoms with E-state index in [-0.39, 0.29) is 28.1 Å². The molecule has 1 N–H and O–H groups in total. The molecule has 0 spiro atoms. The second-order valence-corrected chi connectivity index (χ2v) is 9.45. The Kier molecular flexibility index (Phi) is 7.82. The molecule has 184 valence electrons. The standard InChI is InChI=1S/C24H25N3O7S/c1-4-13-27-22(29)19-12-7-16(14-20(19)23(27)30)24(31)34-15-21(28)25-17-8-10-18(11-9-17)35(32,33)26(5-2)6-3/h4,7-12,14H,1,5-6,13,15H2,2-3H3,(H,25,28). The van der Waals surface area contributed by atoms with E-state index in [1.165, 1.54) is 52.8 Å². The molecular weight excluding hydrogens is 474 g/mol. The molecule has 10 nitrogen and oxygen atoms in total. The van der Waals surface area contributed by atoms with Crippen LogP contribution in [0.1, 0.15) is 44.9 Å². The molecule has 0 aromatic heterocycles. The van der Waals surface area contributed by atoms with Gasteiger partial charge >= 0.3 is 5.97 Å². The number of carbonyl (C=O) groups excluding carboxylic acids is 4. The first-order valence-electron chi connectivity index (χ1n) is 10.8. The van der Waals surface area contributed by atoms with Crippen LogP contribution >= 0.6 is 0 Å². The highest BCUT2D eigenvalue weighted by Crippen LogP contribution is 2.24. The Morgan fingerprint density at radius 3 is 2.26 bits per heavy atom. The summed E-state index contributed by atoms with van der Waals surface area (Å²) < 4.78 is 31.4. The molecule has 0 fully saturated rings. The van der Waals surface area contributed by atoms with E-state index in [2.05, 4.69) is 11.9 Å². The Bertz CT molecular complexity index is 1280. The Morgan fingerprint density at radius 1 is 1.03 bits per heavy atom. The molecule has 0 unspecified atom stereocenters. The average molecular weight is 500 g/mol. The highest BCUT2D eigenvalue weighted by Gasteiger charge is 2.35. The molecule has 0 atom stereocenters. The van der Waals surface area contributed by atoms with Crippen LogP contribution in [0.25, 0.3) is 0 Å². The predicted molar refractivity (Wildman–Crippen MR) is 127 cm³/mol. The van der Waals surface area contributed by atoms with Gasteiger partial charge in [0.1, 0.15) is 0 Å². The van der Waals surface area contributed by atoms with Crippen molar-refractivity contribution in [3.05, 3.63) is 71.8 Å². The van der Waals surface area contributed by atoms with Gasteiger partial charge in [-0.3, -0.25) is 19.3 Å². The molecule has 0 saturated heterocycles. The lowest BCUT2D eigenvalue weighted by molar-refractivity contribution is -0.119. The zero-order chi connectivity index (χ0) is 25.8. The van der Waals surface area contributed by atoms with Crippen molar-refractivity contribution in [2.75, 3.05) is 31.6 Å². The number of hydrogen-bond acceptors (Lipinski definition) is 7. The Morgan fingerprint density at radius 2 is 1.66 bits per heavy atom. The van der Waals surface area contributed by atoms with Gasteiger partial charge in [0.25, 0.3) is 17.7 Å². The van der Waals surface area contributed by atoms with Crippen LogP contribution in [0.5, 0.6) is 0 Å². The summed E-state index contributed by atoms with van der Waals surface area (Å²) in [6, 6.07) is 9.61. The SMILES string of the molecule is C=CCN1C(=O)c2ccc(C(=O)OCC(=O)Nc3ccc(S(=O)(=O)N(CC)CC)cc3)cc2C1=O. The van der Waals surface area contributed by atoms with Gasteiger partial charge in [0.15, 0.2) is 6.61 Å². The number of fused-ring (bicyclic) bond motifs is 1. The molecule has 2 aromatic carbocycles. The van der Waals surface area contributed by atoms with Crippen LogP contribution in [0.3, 0.4) is 0 Å². The number of rotatable bonds is 10. The van der Waals surface area contributed by atoms with Gasteiger partial charge in [-0.2, -0.15) is 4.31 Å². The quantitative estimate of drug-likeness (QED) is 0.302. The third-order valence-corrected chi connectivity index (χ3v) is 7.40. The largest absolute Gasteiger partial charge is 0.452 e. The van der Waals surface area contributed by atoms with Crippen molar-refractivity contribution in [3.63, 3.8) is 0 Å². The van der Waals surface area contributed by atoms with Crippen LogP contribution < -0.4 is 5.32 Å². The van der Waals surface area contributed by atoms with Crippen LogP contribution in [-0.4, -0.2) is 67.6 Å². The molecule has 1 aliphatic rings. The predicted octanol–water partition coefficient (Wildman–Crippen LogP) is 2.29. The third-order valence-electron chi connectivity index (χ3n) is 5.33. The van der Waals surface area contributed by atoms with Gasteiger partial charge < -0.3 is 10.1 Å². The molecule has 0 aliphatic carbocycles. The third kappa shape index (κ3) is 5.31. The van der Waals surface area contributed by atoms with Gasteiger partial charge in [0.05, 0.1) is 21.6 Å². The highest BCUT2D eigenvalue weighted by molar-refractivity contribution is 7.89. The molecule has 3 amide bonds. The minimum atomic E-state index is -3.62. The van der Waals surface area contributed by atoms with Crippen LogP contribution in [-0.2, 0) is 19.6 Å². The van der Waals surface area contributed by atoms with Gasteiger partial charge in [-0.1, -0.05) is 19.9 Å². The van der Waals surface area contributed by atoms with E-state index >= 15 is 0 Å². The van der Waals surface area contributed by atoms with E-state index in [1.807, 2.05) is 0 Å². The van der Waals surface area contributed by atoms with Crippen LogP contribution in [0.15, 0.2) is 60.0 Å². The van der Waals surface area contributed by atoms with Gasteiger partial charge in [-0.15, -0.1) is 6.58 Å². The molecular formula is C24H25N3O7S. The maximum Gasteiger partial charge on any atom is 0.338 e. The Hall–Kier alpha value is -3.83. The number of amides is 3. The van der Waals surface area contributed by atoms with Crippen LogP contribution in [0, 0.1) is 0 Å². The fourth-order valence-electron chi connectivity index (χ4n) is 3.55. The normalized spacial score (nSPS) is 13.1. The smallest absolute Gasteiger partial charge is 0.338 e. The zero-order valence-electron chi connectivity index (χ0n) is 19.3. The second kappa shape index (κ2) is 10.6. The highest BCUT2D eigenvalue weighted by atomic mass is 32.2. The van der Waals surface area contributed by atoms with Crippen LogP contribution in [0.2, 0.25) is 0 Å². The zero-order valence-corrected chi connectivity index (χ0v) is 20.1. The van der Waals surface area contributed by atoms with Crippen molar-refractivity contribution in [1.82, 2.24) is 9.21 Å². The van der Waals surface area contributed by atoms with E-state index in [1.54, 1.807) is 13.8 Å². The molecule has 0 saturated carbocycles. The molecule has 0 bridgehead atoms. The van der Waals surface area contributed by atoms with Gasteiger partial charge in [-0.05, 0) is 42.5 Å². The van der Waals surface area contributed by atoms with Crippen molar-refractivity contribution in [2.24, 2.45) is 0 Å². The molecule has 11 heteroatoms. The summed E-state index contributed by atoms with van der Waals surface area (Å²) in [6.45, 7) is 7.12. The first-order valence-corrected chi connectivity index (χ1v) is 12.3. The number of ether oxygens (including phenoxy) is 1. The lowest BCUT2D eigenvalue weighted by atomic mass is 10.1. The summed E-state index contributed by atoms with van der Waals surface area (Å²) >= 11 is 0. The fourth-order valence-corrected chi connectivity index (χ4v) is 5.00. The summed E-state index contributed by atoms with van der Waals surface area (Å²) in [5.41, 5.74) is 0.603. The van der Waals surface area contributed by atoms with Crippen LogP contribution in [0.4, 0.5) is 5.69 Å². The second-order valence-electron chi connectivity index (χ2n) is 7.51. The van der Waals surface area contributed by atoms with Gasteiger partial charge in [0.2, 0.25) is 10.0 Å².